The molecule has 0 saturated carbocycles. The van der Waals surface area contributed by atoms with Gasteiger partial charge < -0.3 is 19.9 Å². The van der Waals surface area contributed by atoms with Gasteiger partial charge in [0, 0.05) is 6.42 Å². The molecule has 0 aliphatic carbocycles. The summed E-state index contributed by atoms with van der Waals surface area (Å²) in [5.41, 5.74) is 6.51. The van der Waals surface area contributed by atoms with E-state index in [1.807, 2.05) is 18.2 Å². The van der Waals surface area contributed by atoms with Crippen LogP contribution in [0.5, 0.6) is 11.5 Å². The number of amidine groups is 1. The maximum absolute atomic E-state index is 5.63. The van der Waals surface area contributed by atoms with Crippen LogP contribution in [0.4, 0.5) is 0 Å². The number of hydrogen-bond donors (Lipinski definition) is 1. The van der Waals surface area contributed by atoms with Gasteiger partial charge in [-0.2, -0.15) is 0 Å². The molecule has 5 heteroatoms. The van der Waals surface area contributed by atoms with Crippen molar-refractivity contribution in [1.82, 2.24) is 0 Å². The van der Waals surface area contributed by atoms with Crippen LogP contribution in [-0.4, -0.2) is 25.8 Å². The number of ether oxygens (including phenoxy) is 3. The molecule has 1 aromatic rings. The molecule has 0 amide bonds. The Morgan fingerprint density at radius 3 is 2.76 bits per heavy atom. The number of rotatable bonds is 1. The lowest BCUT2D eigenvalue weighted by atomic mass is 10.1. The first-order chi connectivity index (χ1) is 8.33. The first kappa shape index (κ1) is 10.3. The number of nitrogens with two attached hydrogens (primary N) is 1. The molecule has 5 nitrogen and oxygen atoms in total. The van der Waals surface area contributed by atoms with E-state index in [1.54, 1.807) is 0 Å². The van der Waals surface area contributed by atoms with Crippen molar-refractivity contribution >= 4 is 6.02 Å². The minimum absolute atomic E-state index is 0.104. The highest BCUT2D eigenvalue weighted by Gasteiger charge is 2.21. The van der Waals surface area contributed by atoms with Crippen LogP contribution < -0.4 is 15.2 Å². The fourth-order valence-electron chi connectivity index (χ4n) is 1.95. The van der Waals surface area contributed by atoms with Gasteiger partial charge in [-0.15, -0.1) is 0 Å². The van der Waals surface area contributed by atoms with Crippen molar-refractivity contribution in [3.05, 3.63) is 23.8 Å². The number of nitrogens with zero attached hydrogens (tertiary/aromatic N) is 1. The molecule has 2 aliphatic rings. The summed E-state index contributed by atoms with van der Waals surface area (Å²) in [6.07, 6.45) is 0.798. The second-order valence-corrected chi connectivity index (χ2v) is 4.04. The van der Waals surface area contributed by atoms with E-state index < -0.39 is 0 Å². The van der Waals surface area contributed by atoms with Gasteiger partial charge in [-0.05, 0) is 17.7 Å². The van der Waals surface area contributed by atoms with Gasteiger partial charge in [0.05, 0.1) is 19.8 Å². The van der Waals surface area contributed by atoms with Gasteiger partial charge in [-0.25, -0.2) is 4.99 Å². The molecule has 2 N–H and O–H groups in total. The molecule has 3 rings (SSSR count). The van der Waals surface area contributed by atoms with Crippen LogP contribution in [0.1, 0.15) is 18.1 Å². The highest BCUT2D eigenvalue weighted by molar-refractivity contribution is 5.73. The molecular formula is C12H14N2O3. The van der Waals surface area contributed by atoms with Crippen LogP contribution in [0, 0.1) is 0 Å². The highest BCUT2D eigenvalue weighted by Crippen LogP contribution is 2.34. The molecule has 1 aromatic carbocycles. The summed E-state index contributed by atoms with van der Waals surface area (Å²) in [5.74, 6) is 1.56. The fourth-order valence-corrected chi connectivity index (χ4v) is 1.95. The lowest BCUT2D eigenvalue weighted by Crippen LogP contribution is -2.13. The minimum atomic E-state index is -0.104. The van der Waals surface area contributed by atoms with Crippen molar-refractivity contribution in [3.63, 3.8) is 0 Å². The monoisotopic (exact) mass is 234 g/mol. The molecule has 90 valence electrons. The van der Waals surface area contributed by atoms with Crippen molar-refractivity contribution in [2.45, 2.75) is 12.5 Å². The topological polar surface area (TPSA) is 66.1 Å². The van der Waals surface area contributed by atoms with E-state index in [-0.39, 0.29) is 12.1 Å². The molecule has 0 spiro atoms. The maximum atomic E-state index is 5.63. The van der Waals surface area contributed by atoms with E-state index in [0.717, 1.165) is 23.5 Å². The van der Waals surface area contributed by atoms with E-state index in [2.05, 4.69) is 4.99 Å². The van der Waals surface area contributed by atoms with E-state index in [4.69, 9.17) is 19.9 Å². The fraction of sp³-hybridized carbons (Fsp3) is 0.417. The second kappa shape index (κ2) is 4.16. The molecule has 0 fully saturated rings. The van der Waals surface area contributed by atoms with Crippen molar-refractivity contribution in [2.24, 2.45) is 10.7 Å². The largest absolute Gasteiger partial charge is 0.490 e. The molecule has 2 aliphatic heterocycles. The molecule has 0 radical (unpaired) electrons. The Kier molecular flexibility index (Phi) is 2.51. The lowest BCUT2D eigenvalue weighted by Gasteiger charge is -2.13. The molecular weight excluding hydrogens is 220 g/mol. The van der Waals surface area contributed by atoms with Crippen molar-refractivity contribution in [3.8, 4) is 11.5 Å². The predicted molar refractivity (Wildman–Crippen MR) is 62.4 cm³/mol. The summed E-state index contributed by atoms with van der Waals surface area (Å²) in [5, 5.41) is 0. The standard InChI is InChI=1S/C12H14N2O3/c13-12-14-7-11(17-12)8-2-3-9-10(6-8)16-5-1-4-15-9/h2-3,6,11H,1,4-5,7H2,(H2,13,14). The van der Waals surface area contributed by atoms with Crippen LogP contribution in [-0.2, 0) is 4.74 Å². The smallest absolute Gasteiger partial charge is 0.282 e. The number of benzene rings is 1. The van der Waals surface area contributed by atoms with Gasteiger partial charge in [-0.1, -0.05) is 6.07 Å². The van der Waals surface area contributed by atoms with Crippen LogP contribution >= 0.6 is 0 Å². The van der Waals surface area contributed by atoms with E-state index in [0.29, 0.717) is 19.8 Å². The summed E-state index contributed by atoms with van der Waals surface area (Å²) < 4.78 is 16.6. The summed E-state index contributed by atoms with van der Waals surface area (Å²) >= 11 is 0. The lowest BCUT2D eigenvalue weighted by molar-refractivity contribution is 0.225. The third-order valence-corrected chi connectivity index (χ3v) is 2.82. The van der Waals surface area contributed by atoms with E-state index in [1.165, 1.54) is 0 Å². The Balaban J connectivity index is 1.85. The first-order valence-electron chi connectivity index (χ1n) is 5.69. The van der Waals surface area contributed by atoms with Gasteiger partial charge in [0.15, 0.2) is 11.5 Å². The number of fused-ring (bicyclic) bond motifs is 1. The van der Waals surface area contributed by atoms with Crippen LogP contribution in [0.2, 0.25) is 0 Å². The minimum Gasteiger partial charge on any atom is -0.490 e. The van der Waals surface area contributed by atoms with Gasteiger partial charge in [0.1, 0.15) is 6.10 Å². The maximum Gasteiger partial charge on any atom is 0.282 e. The third kappa shape index (κ3) is 2.00. The Bertz CT molecular complexity index is 459. The van der Waals surface area contributed by atoms with E-state index >= 15 is 0 Å². The first-order valence-corrected chi connectivity index (χ1v) is 5.69. The molecule has 0 bridgehead atoms. The third-order valence-electron chi connectivity index (χ3n) is 2.82. The summed E-state index contributed by atoms with van der Waals surface area (Å²) in [4.78, 5) is 4.02. The Morgan fingerprint density at radius 2 is 2.00 bits per heavy atom. The Hall–Kier alpha value is -1.91. The second-order valence-electron chi connectivity index (χ2n) is 4.04. The molecule has 1 atom stereocenters. The molecule has 1 unspecified atom stereocenters. The molecule has 17 heavy (non-hydrogen) atoms. The normalized spacial score (nSPS) is 22.6. The van der Waals surface area contributed by atoms with Gasteiger partial charge in [0.25, 0.3) is 6.02 Å². The van der Waals surface area contributed by atoms with E-state index in [9.17, 15) is 0 Å². The average Bonchev–Trinajstić information content (AvgIpc) is 2.64. The summed E-state index contributed by atoms with van der Waals surface area (Å²) in [6, 6.07) is 6.07. The summed E-state index contributed by atoms with van der Waals surface area (Å²) in [6.45, 7) is 1.94. The SMILES string of the molecule is NC1=NCC(c2ccc3c(c2)OCCCO3)O1. The molecule has 0 aromatic heterocycles. The van der Waals surface area contributed by atoms with Crippen LogP contribution in [0.25, 0.3) is 0 Å². The average molecular weight is 234 g/mol. The van der Waals surface area contributed by atoms with Crippen molar-refractivity contribution in [1.29, 1.82) is 0 Å². The predicted octanol–water partition coefficient (Wildman–Crippen LogP) is 1.23. The van der Waals surface area contributed by atoms with Gasteiger partial charge in [0.2, 0.25) is 0 Å². The Morgan fingerprint density at radius 1 is 1.18 bits per heavy atom. The van der Waals surface area contributed by atoms with Gasteiger partial charge >= 0.3 is 0 Å². The highest BCUT2D eigenvalue weighted by atomic mass is 16.5. The molecule has 0 saturated heterocycles. The molecule has 2 heterocycles. The van der Waals surface area contributed by atoms with Crippen LogP contribution in [0.3, 0.4) is 0 Å². The van der Waals surface area contributed by atoms with Crippen LogP contribution in [0.15, 0.2) is 23.2 Å². The number of aliphatic imine (C=N–C) groups is 1. The zero-order valence-corrected chi connectivity index (χ0v) is 9.39. The Labute approximate surface area is 99.2 Å². The van der Waals surface area contributed by atoms with Crippen molar-refractivity contribution < 1.29 is 14.2 Å². The quantitative estimate of drug-likeness (QED) is 0.793. The summed E-state index contributed by atoms with van der Waals surface area (Å²) in [7, 11) is 0. The zero-order valence-electron chi connectivity index (χ0n) is 9.39. The zero-order chi connectivity index (χ0) is 11.7. The number of hydrogen-bond acceptors (Lipinski definition) is 5. The van der Waals surface area contributed by atoms with Gasteiger partial charge in [-0.3, -0.25) is 0 Å². The van der Waals surface area contributed by atoms with Crippen molar-refractivity contribution in [2.75, 3.05) is 19.8 Å².